The lowest BCUT2D eigenvalue weighted by Crippen LogP contribution is -2.48. The van der Waals surface area contributed by atoms with Crippen LogP contribution < -0.4 is 4.90 Å². The number of fused-ring (bicyclic) bond motifs is 1. The third-order valence-electron chi connectivity index (χ3n) is 5.20. The van der Waals surface area contributed by atoms with E-state index in [2.05, 4.69) is 11.0 Å². The van der Waals surface area contributed by atoms with Crippen molar-refractivity contribution >= 4 is 28.6 Å². The molecular weight excluding hydrogens is 350 g/mol. The predicted octanol–water partition coefficient (Wildman–Crippen LogP) is 3.50. The van der Waals surface area contributed by atoms with Crippen molar-refractivity contribution in [1.29, 1.82) is 0 Å². The molecule has 1 saturated heterocycles. The number of nitrogens with zero attached hydrogens (tertiary/aromatic N) is 3. The van der Waals surface area contributed by atoms with Gasteiger partial charge in [-0.25, -0.2) is 0 Å². The van der Waals surface area contributed by atoms with Crippen LogP contribution in [0.5, 0.6) is 0 Å². The number of nitro groups is 1. The van der Waals surface area contributed by atoms with E-state index in [0.29, 0.717) is 13.1 Å². The Morgan fingerprint density at radius 1 is 1.04 bits per heavy atom. The highest BCUT2D eigenvalue weighted by atomic mass is 32.1. The van der Waals surface area contributed by atoms with Crippen molar-refractivity contribution in [2.75, 3.05) is 31.1 Å². The monoisotopic (exact) mass is 371 g/mol. The Balaban J connectivity index is 1.39. The molecule has 1 aliphatic heterocycles. The second kappa shape index (κ2) is 7.07. The number of piperazine rings is 1. The molecule has 1 aromatic carbocycles. The van der Waals surface area contributed by atoms with E-state index in [9.17, 15) is 14.9 Å². The zero-order valence-corrected chi connectivity index (χ0v) is 15.3. The maximum atomic E-state index is 12.8. The van der Waals surface area contributed by atoms with Crippen LogP contribution in [-0.4, -0.2) is 41.9 Å². The summed E-state index contributed by atoms with van der Waals surface area (Å²) in [5, 5.41) is 10.8. The molecule has 4 rings (SSSR count). The van der Waals surface area contributed by atoms with Crippen molar-refractivity contribution in [3.05, 3.63) is 55.8 Å². The summed E-state index contributed by atoms with van der Waals surface area (Å²) >= 11 is 1.67. The van der Waals surface area contributed by atoms with Gasteiger partial charge < -0.3 is 9.80 Å². The fourth-order valence-corrected chi connectivity index (χ4v) is 4.93. The van der Waals surface area contributed by atoms with Gasteiger partial charge in [0.15, 0.2) is 0 Å². The fourth-order valence-electron chi connectivity index (χ4n) is 3.70. The molecule has 0 N–H and O–H groups in total. The van der Waals surface area contributed by atoms with Gasteiger partial charge in [0.2, 0.25) is 0 Å². The molecule has 0 radical (unpaired) electrons. The molecule has 1 fully saturated rings. The van der Waals surface area contributed by atoms with Crippen LogP contribution in [0.15, 0.2) is 30.3 Å². The van der Waals surface area contributed by atoms with Crippen LogP contribution in [0.25, 0.3) is 0 Å². The Hall–Kier alpha value is -2.41. The summed E-state index contributed by atoms with van der Waals surface area (Å²) in [6, 6.07) is 8.72. The molecule has 1 aromatic heterocycles. The van der Waals surface area contributed by atoms with Gasteiger partial charge in [-0.15, -0.1) is 11.3 Å². The van der Waals surface area contributed by atoms with Crippen molar-refractivity contribution < 1.29 is 9.72 Å². The number of rotatable bonds is 3. The van der Waals surface area contributed by atoms with Gasteiger partial charge >= 0.3 is 0 Å². The van der Waals surface area contributed by atoms with E-state index < -0.39 is 0 Å². The number of nitro benzene ring substituents is 1. The van der Waals surface area contributed by atoms with Gasteiger partial charge in [-0.3, -0.25) is 14.9 Å². The van der Waals surface area contributed by atoms with Crippen molar-refractivity contribution in [2.45, 2.75) is 25.7 Å². The minimum atomic E-state index is -0.388. The van der Waals surface area contributed by atoms with E-state index in [1.54, 1.807) is 23.5 Å². The number of non-ortho nitro benzene ring substituents is 1. The van der Waals surface area contributed by atoms with Gasteiger partial charge in [-0.2, -0.15) is 0 Å². The molecular formula is C19H21N3O3S. The van der Waals surface area contributed by atoms with Gasteiger partial charge in [-0.05, 0) is 49.4 Å². The molecule has 0 unspecified atom stereocenters. The topological polar surface area (TPSA) is 66.7 Å². The fraction of sp³-hybridized carbons (Fsp3) is 0.421. The number of carbonyl (C=O) groups excluding carboxylic acids is 1. The minimum absolute atomic E-state index is 0.101. The van der Waals surface area contributed by atoms with E-state index in [4.69, 9.17) is 0 Å². The molecule has 1 amide bonds. The Morgan fingerprint density at radius 2 is 1.73 bits per heavy atom. The van der Waals surface area contributed by atoms with Crippen LogP contribution in [0.4, 0.5) is 11.4 Å². The Kier molecular flexibility index (Phi) is 4.63. The maximum absolute atomic E-state index is 12.8. The summed E-state index contributed by atoms with van der Waals surface area (Å²) in [4.78, 5) is 29.6. The van der Waals surface area contributed by atoms with Crippen LogP contribution in [0.2, 0.25) is 0 Å². The SMILES string of the molecule is O=C(c1cc2c(s1)CCCC2)N1CCN(c2ccc([N+](=O)[O-])cc2)CC1. The second-order valence-electron chi connectivity index (χ2n) is 6.82. The molecule has 0 spiro atoms. The number of carbonyl (C=O) groups is 1. The number of amides is 1. The predicted molar refractivity (Wildman–Crippen MR) is 102 cm³/mol. The first-order valence-corrected chi connectivity index (χ1v) is 9.84. The van der Waals surface area contributed by atoms with Crippen LogP contribution in [0.3, 0.4) is 0 Å². The molecule has 7 heteroatoms. The van der Waals surface area contributed by atoms with Crippen LogP contribution in [0.1, 0.15) is 33.0 Å². The number of anilines is 1. The molecule has 0 saturated carbocycles. The molecule has 0 bridgehead atoms. The van der Waals surface area contributed by atoms with E-state index in [-0.39, 0.29) is 16.5 Å². The lowest BCUT2D eigenvalue weighted by Gasteiger charge is -2.35. The number of benzene rings is 1. The lowest BCUT2D eigenvalue weighted by atomic mass is 9.99. The zero-order valence-electron chi connectivity index (χ0n) is 14.5. The van der Waals surface area contributed by atoms with Gasteiger partial charge in [0, 0.05) is 48.9 Å². The largest absolute Gasteiger partial charge is 0.368 e. The Morgan fingerprint density at radius 3 is 2.38 bits per heavy atom. The summed E-state index contributed by atoms with van der Waals surface area (Å²) in [6.07, 6.45) is 4.68. The van der Waals surface area contributed by atoms with Crippen LogP contribution >= 0.6 is 11.3 Å². The third kappa shape index (κ3) is 3.31. The number of hydrogen-bond donors (Lipinski definition) is 0. The normalized spacial score (nSPS) is 17.1. The van der Waals surface area contributed by atoms with Crippen molar-refractivity contribution in [1.82, 2.24) is 4.90 Å². The maximum Gasteiger partial charge on any atom is 0.269 e. The minimum Gasteiger partial charge on any atom is -0.368 e. The first-order valence-electron chi connectivity index (χ1n) is 9.02. The van der Waals surface area contributed by atoms with E-state index in [0.717, 1.165) is 36.5 Å². The summed E-state index contributed by atoms with van der Waals surface area (Å²) in [5.41, 5.74) is 2.44. The Labute approximate surface area is 156 Å². The quantitative estimate of drug-likeness (QED) is 0.612. The number of thiophene rings is 1. The summed E-state index contributed by atoms with van der Waals surface area (Å²) in [7, 11) is 0. The van der Waals surface area contributed by atoms with Gasteiger partial charge in [0.05, 0.1) is 9.80 Å². The highest BCUT2D eigenvalue weighted by molar-refractivity contribution is 7.14. The van der Waals surface area contributed by atoms with Gasteiger partial charge in [0.25, 0.3) is 11.6 Å². The molecule has 1 aliphatic carbocycles. The highest BCUT2D eigenvalue weighted by Crippen LogP contribution is 2.30. The van der Waals surface area contributed by atoms with Gasteiger partial charge in [0.1, 0.15) is 0 Å². The molecule has 2 aromatic rings. The molecule has 136 valence electrons. The summed E-state index contributed by atoms with van der Waals surface area (Å²) in [5.74, 6) is 0.146. The molecule has 0 atom stereocenters. The average Bonchev–Trinajstić information content (AvgIpc) is 3.12. The third-order valence-corrected chi connectivity index (χ3v) is 6.43. The molecule has 2 aliphatic rings. The van der Waals surface area contributed by atoms with Crippen molar-refractivity contribution in [3.8, 4) is 0 Å². The van der Waals surface area contributed by atoms with E-state index >= 15 is 0 Å². The van der Waals surface area contributed by atoms with E-state index in [1.807, 2.05) is 4.90 Å². The highest BCUT2D eigenvalue weighted by Gasteiger charge is 2.25. The first-order chi connectivity index (χ1) is 12.6. The second-order valence-corrected chi connectivity index (χ2v) is 7.96. The molecule has 2 heterocycles. The average molecular weight is 371 g/mol. The van der Waals surface area contributed by atoms with Crippen molar-refractivity contribution in [2.24, 2.45) is 0 Å². The van der Waals surface area contributed by atoms with Crippen LogP contribution in [0, 0.1) is 10.1 Å². The van der Waals surface area contributed by atoms with Gasteiger partial charge in [-0.1, -0.05) is 0 Å². The number of aryl methyl sites for hydroxylation is 2. The molecule has 6 nitrogen and oxygen atoms in total. The number of hydrogen-bond acceptors (Lipinski definition) is 5. The Bertz CT molecular complexity index is 800. The zero-order chi connectivity index (χ0) is 18.1. The summed E-state index contributed by atoms with van der Waals surface area (Å²) in [6.45, 7) is 2.85. The first kappa shape index (κ1) is 17.0. The van der Waals surface area contributed by atoms with E-state index in [1.165, 1.54) is 35.4 Å². The lowest BCUT2D eigenvalue weighted by molar-refractivity contribution is -0.384. The van der Waals surface area contributed by atoms with Crippen LogP contribution in [-0.2, 0) is 12.8 Å². The van der Waals surface area contributed by atoms with Crippen molar-refractivity contribution in [3.63, 3.8) is 0 Å². The molecule has 26 heavy (non-hydrogen) atoms. The smallest absolute Gasteiger partial charge is 0.269 e. The summed E-state index contributed by atoms with van der Waals surface area (Å²) < 4.78 is 0. The standard InChI is InChI=1S/C19H21N3O3S/c23-19(18-13-14-3-1-2-4-17(14)26-18)21-11-9-20(10-12-21)15-5-7-16(8-6-15)22(24)25/h5-8,13H,1-4,9-12H2.